The van der Waals surface area contributed by atoms with Crippen LogP contribution in [0, 0.1) is 6.92 Å². The van der Waals surface area contributed by atoms with Crippen molar-refractivity contribution in [2.45, 2.75) is 19.1 Å². The maximum Gasteiger partial charge on any atom is 0.271 e. The Balaban J connectivity index is 3.09. The fourth-order valence-electron chi connectivity index (χ4n) is 0.977. The standard InChI is InChI=1S/C7H10O3S2/c1-5-7(3-4-11-5)6(2)12(8,9)10/h3-4,6H,1-2H3,(H,8,9,10). The third-order valence-corrected chi connectivity index (χ3v) is 3.79. The third-order valence-electron chi connectivity index (χ3n) is 1.78. The Morgan fingerprint density at radius 1 is 1.58 bits per heavy atom. The normalized spacial score (nSPS) is 14.6. The Labute approximate surface area is 75.8 Å². The zero-order valence-corrected chi connectivity index (χ0v) is 8.45. The van der Waals surface area contributed by atoms with Crippen LogP contribution in [0.4, 0.5) is 0 Å². The number of thiophene rings is 1. The Hall–Kier alpha value is -0.390. The molecule has 1 atom stereocenters. The highest BCUT2D eigenvalue weighted by molar-refractivity contribution is 7.86. The Morgan fingerprint density at radius 3 is 2.50 bits per heavy atom. The van der Waals surface area contributed by atoms with E-state index in [2.05, 4.69) is 0 Å². The predicted molar refractivity (Wildman–Crippen MR) is 49.0 cm³/mol. The summed E-state index contributed by atoms with van der Waals surface area (Å²) in [5.74, 6) is 0. The largest absolute Gasteiger partial charge is 0.285 e. The van der Waals surface area contributed by atoms with Gasteiger partial charge in [0.15, 0.2) is 0 Å². The molecule has 1 aromatic heterocycles. The monoisotopic (exact) mass is 206 g/mol. The highest BCUT2D eigenvalue weighted by atomic mass is 32.2. The van der Waals surface area contributed by atoms with Crippen molar-refractivity contribution in [2.75, 3.05) is 0 Å². The lowest BCUT2D eigenvalue weighted by Gasteiger charge is -2.06. The van der Waals surface area contributed by atoms with Crippen LogP contribution in [0.5, 0.6) is 0 Å². The molecule has 0 bridgehead atoms. The predicted octanol–water partition coefficient (Wildman–Crippen LogP) is 2.01. The average molecular weight is 206 g/mol. The van der Waals surface area contributed by atoms with Crippen molar-refractivity contribution >= 4 is 21.5 Å². The summed E-state index contributed by atoms with van der Waals surface area (Å²) in [6.45, 7) is 3.31. The molecule has 1 unspecified atom stereocenters. The highest BCUT2D eigenvalue weighted by Crippen LogP contribution is 2.27. The van der Waals surface area contributed by atoms with Crippen LogP contribution >= 0.6 is 11.3 Å². The molecule has 0 aromatic carbocycles. The number of aryl methyl sites for hydroxylation is 1. The van der Waals surface area contributed by atoms with Crippen LogP contribution < -0.4 is 0 Å². The molecule has 0 saturated heterocycles. The van der Waals surface area contributed by atoms with Crippen molar-refractivity contribution in [3.05, 3.63) is 21.9 Å². The molecule has 0 spiro atoms. The molecule has 3 nitrogen and oxygen atoms in total. The molecule has 0 aliphatic heterocycles. The maximum absolute atomic E-state index is 10.7. The van der Waals surface area contributed by atoms with Crippen LogP contribution in [0.15, 0.2) is 11.4 Å². The second kappa shape index (κ2) is 3.16. The quantitative estimate of drug-likeness (QED) is 0.753. The minimum Gasteiger partial charge on any atom is -0.285 e. The molecule has 0 aliphatic carbocycles. The van der Waals surface area contributed by atoms with E-state index in [0.717, 1.165) is 4.88 Å². The second-order valence-corrected chi connectivity index (χ2v) is 5.45. The van der Waals surface area contributed by atoms with Crippen LogP contribution in [0.3, 0.4) is 0 Å². The fourth-order valence-corrected chi connectivity index (χ4v) is 2.43. The van der Waals surface area contributed by atoms with Gasteiger partial charge in [-0.05, 0) is 30.9 Å². The summed E-state index contributed by atoms with van der Waals surface area (Å²) in [7, 11) is -3.94. The first kappa shape index (κ1) is 9.70. The molecule has 0 radical (unpaired) electrons. The molecule has 1 aromatic rings. The molecule has 68 valence electrons. The number of rotatable bonds is 2. The van der Waals surface area contributed by atoms with E-state index in [1.54, 1.807) is 6.07 Å². The lowest BCUT2D eigenvalue weighted by Crippen LogP contribution is -2.08. The smallest absolute Gasteiger partial charge is 0.271 e. The maximum atomic E-state index is 10.7. The van der Waals surface area contributed by atoms with Crippen LogP contribution in [-0.4, -0.2) is 13.0 Å². The summed E-state index contributed by atoms with van der Waals surface area (Å²) < 4.78 is 30.2. The van der Waals surface area contributed by atoms with E-state index in [1.165, 1.54) is 18.3 Å². The van der Waals surface area contributed by atoms with Gasteiger partial charge in [0, 0.05) is 4.88 Å². The van der Waals surface area contributed by atoms with E-state index >= 15 is 0 Å². The second-order valence-electron chi connectivity index (χ2n) is 2.59. The molecule has 5 heteroatoms. The van der Waals surface area contributed by atoms with Crippen molar-refractivity contribution in [3.8, 4) is 0 Å². The Kier molecular flexibility index (Phi) is 2.55. The molecule has 0 amide bonds. The third kappa shape index (κ3) is 1.85. The van der Waals surface area contributed by atoms with Crippen LogP contribution in [0.2, 0.25) is 0 Å². The summed E-state index contributed by atoms with van der Waals surface area (Å²) >= 11 is 1.47. The molecular formula is C7H10O3S2. The molecule has 0 aliphatic rings. The Bertz CT molecular complexity index is 364. The van der Waals surface area contributed by atoms with Gasteiger partial charge >= 0.3 is 0 Å². The van der Waals surface area contributed by atoms with Crippen molar-refractivity contribution < 1.29 is 13.0 Å². The summed E-state index contributed by atoms with van der Waals surface area (Å²) in [6, 6.07) is 1.72. The van der Waals surface area contributed by atoms with Gasteiger partial charge < -0.3 is 0 Å². The topological polar surface area (TPSA) is 54.4 Å². The summed E-state index contributed by atoms with van der Waals surface area (Å²) in [5, 5.41) is 0.996. The minimum absolute atomic E-state index is 0.683. The van der Waals surface area contributed by atoms with Gasteiger partial charge in [-0.15, -0.1) is 11.3 Å². The van der Waals surface area contributed by atoms with Crippen LogP contribution in [-0.2, 0) is 10.1 Å². The first-order valence-corrected chi connectivity index (χ1v) is 5.81. The lowest BCUT2D eigenvalue weighted by molar-refractivity contribution is 0.472. The average Bonchev–Trinajstić information content (AvgIpc) is 2.31. The lowest BCUT2D eigenvalue weighted by atomic mass is 10.2. The molecule has 12 heavy (non-hydrogen) atoms. The van der Waals surface area contributed by atoms with Crippen molar-refractivity contribution in [2.24, 2.45) is 0 Å². The first-order chi connectivity index (χ1) is 5.43. The SMILES string of the molecule is Cc1sccc1C(C)S(=O)(=O)O. The van der Waals surface area contributed by atoms with Gasteiger partial charge in [0.05, 0.1) is 0 Å². The van der Waals surface area contributed by atoms with Gasteiger partial charge in [-0.3, -0.25) is 4.55 Å². The molecular weight excluding hydrogens is 196 g/mol. The Morgan fingerprint density at radius 2 is 2.17 bits per heavy atom. The van der Waals surface area contributed by atoms with Crippen LogP contribution in [0.1, 0.15) is 22.6 Å². The van der Waals surface area contributed by atoms with Crippen molar-refractivity contribution in [3.63, 3.8) is 0 Å². The van der Waals surface area contributed by atoms with Crippen molar-refractivity contribution in [1.29, 1.82) is 0 Å². The van der Waals surface area contributed by atoms with Gasteiger partial charge in [-0.2, -0.15) is 8.42 Å². The van der Waals surface area contributed by atoms with Gasteiger partial charge in [0.25, 0.3) is 10.1 Å². The summed E-state index contributed by atoms with van der Waals surface area (Å²) in [5.41, 5.74) is 0.683. The van der Waals surface area contributed by atoms with Crippen LogP contribution in [0.25, 0.3) is 0 Å². The number of hydrogen-bond donors (Lipinski definition) is 1. The molecule has 0 fully saturated rings. The fraction of sp³-hybridized carbons (Fsp3) is 0.429. The summed E-state index contributed by atoms with van der Waals surface area (Å²) in [6.07, 6.45) is 0. The van der Waals surface area contributed by atoms with Crippen molar-refractivity contribution in [1.82, 2.24) is 0 Å². The minimum atomic E-state index is -3.94. The van der Waals surface area contributed by atoms with E-state index in [9.17, 15) is 8.42 Å². The molecule has 0 saturated carbocycles. The molecule has 1 heterocycles. The molecule has 1 rings (SSSR count). The van der Waals surface area contributed by atoms with Gasteiger partial charge in [-0.1, -0.05) is 0 Å². The zero-order chi connectivity index (χ0) is 9.35. The first-order valence-electron chi connectivity index (χ1n) is 3.43. The summed E-state index contributed by atoms with van der Waals surface area (Å²) in [4.78, 5) is 0.931. The number of hydrogen-bond acceptors (Lipinski definition) is 3. The highest BCUT2D eigenvalue weighted by Gasteiger charge is 2.21. The van der Waals surface area contributed by atoms with E-state index in [4.69, 9.17) is 4.55 Å². The van der Waals surface area contributed by atoms with Gasteiger partial charge in [0.1, 0.15) is 5.25 Å². The van der Waals surface area contributed by atoms with E-state index in [1.807, 2.05) is 12.3 Å². The zero-order valence-electron chi connectivity index (χ0n) is 6.81. The van der Waals surface area contributed by atoms with E-state index in [-0.39, 0.29) is 0 Å². The van der Waals surface area contributed by atoms with Gasteiger partial charge in [0.2, 0.25) is 0 Å². The van der Waals surface area contributed by atoms with E-state index in [0.29, 0.717) is 5.56 Å². The van der Waals surface area contributed by atoms with E-state index < -0.39 is 15.4 Å². The molecule has 1 N–H and O–H groups in total. The van der Waals surface area contributed by atoms with Gasteiger partial charge in [-0.25, -0.2) is 0 Å².